The molecule has 0 radical (unpaired) electrons. The lowest BCUT2D eigenvalue weighted by Crippen LogP contribution is -2.35. The maximum atomic E-state index is 11.2. The van der Waals surface area contributed by atoms with E-state index in [0.29, 0.717) is 24.5 Å². The molecular formula is C14H18BrNO4. The molecule has 1 aliphatic heterocycles. The number of nitrogens with zero attached hydrogens (tertiary/aromatic N) is 1. The quantitative estimate of drug-likeness (QED) is 0.890. The molecule has 1 saturated heterocycles. The summed E-state index contributed by atoms with van der Waals surface area (Å²) in [6.45, 7) is 1.38. The lowest BCUT2D eigenvalue weighted by atomic mass is 10.1. The highest BCUT2D eigenvalue weighted by Gasteiger charge is 2.31. The number of aliphatic carboxylic acids is 1. The third kappa shape index (κ3) is 2.91. The van der Waals surface area contributed by atoms with Gasteiger partial charge in [-0.3, -0.25) is 9.69 Å². The highest BCUT2D eigenvalue weighted by molar-refractivity contribution is 9.10. The van der Waals surface area contributed by atoms with Crippen LogP contribution in [0.1, 0.15) is 18.4 Å². The van der Waals surface area contributed by atoms with Gasteiger partial charge in [-0.2, -0.15) is 0 Å². The molecule has 2 rings (SSSR count). The Bertz CT molecular complexity index is 506. The Kier molecular flexibility index (Phi) is 4.88. The normalized spacial score (nSPS) is 19.1. The van der Waals surface area contributed by atoms with Gasteiger partial charge in [0.2, 0.25) is 0 Å². The van der Waals surface area contributed by atoms with Crippen molar-refractivity contribution in [3.8, 4) is 11.5 Å². The van der Waals surface area contributed by atoms with E-state index >= 15 is 0 Å². The van der Waals surface area contributed by atoms with E-state index in [1.807, 2.05) is 17.0 Å². The molecule has 20 heavy (non-hydrogen) atoms. The Balaban J connectivity index is 2.23. The fraction of sp³-hybridized carbons (Fsp3) is 0.500. The number of ether oxygens (including phenoxy) is 2. The first-order chi connectivity index (χ1) is 9.58. The third-order valence-corrected chi connectivity index (χ3v) is 4.46. The summed E-state index contributed by atoms with van der Waals surface area (Å²) in [5.41, 5.74) is 0.996. The molecule has 1 unspecified atom stereocenters. The van der Waals surface area contributed by atoms with Crippen molar-refractivity contribution in [2.24, 2.45) is 0 Å². The summed E-state index contributed by atoms with van der Waals surface area (Å²) in [5, 5.41) is 9.22. The summed E-state index contributed by atoms with van der Waals surface area (Å²) < 4.78 is 11.4. The summed E-state index contributed by atoms with van der Waals surface area (Å²) in [7, 11) is 3.17. The van der Waals surface area contributed by atoms with Crippen LogP contribution >= 0.6 is 15.9 Å². The van der Waals surface area contributed by atoms with E-state index in [2.05, 4.69) is 15.9 Å². The van der Waals surface area contributed by atoms with Gasteiger partial charge < -0.3 is 14.6 Å². The number of carbonyl (C=O) groups is 1. The van der Waals surface area contributed by atoms with E-state index in [9.17, 15) is 9.90 Å². The number of rotatable bonds is 5. The minimum Gasteiger partial charge on any atom is -0.493 e. The van der Waals surface area contributed by atoms with Crippen molar-refractivity contribution in [1.82, 2.24) is 4.90 Å². The molecule has 0 spiro atoms. The molecule has 1 heterocycles. The number of halogens is 1. The lowest BCUT2D eigenvalue weighted by molar-refractivity contribution is -0.142. The Morgan fingerprint density at radius 2 is 2.20 bits per heavy atom. The molecule has 0 bridgehead atoms. The second-order valence-corrected chi connectivity index (χ2v) is 5.53. The third-order valence-electron chi connectivity index (χ3n) is 3.59. The molecule has 0 aliphatic carbocycles. The molecule has 5 nitrogen and oxygen atoms in total. The summed E-state index contributed by atoms with van der Waals surface area (Å²) in [4.78, 5) is 13.2. The van der Waals surface area contributed by atoms with Crippen LogP contribution in [0, 0.1) is 0 Å². The van der Waals surface area contributed by atoms with Crippen LogP contribution in [-0.4, -0.2) is 42.8 Å². The van der Waals surface area contributed by atoms with Gasteiger partial charge in [-0.25, -0.2) is 0 Å². The predicted octanol–water partition coefficient (Wildman–Crippen LogP) is 2.52. The zero-order valence-corrected chi connectivity index (χ0v) is 13.1. The lowest BCUT2D eigenvalue weighted by Gasteiger charge is -2.22. The Labute approximate surface area is 126 Å². The maximum Gasteiger partial charge on any atom is 0.320 e. The minimum atomic E-state index is -0.751. The predicted molar refractivity (Wildman–Crippen MR) is 78.3 cm³/mol. The van der Waals surface area contributed by atoms with Crippen molar-refractivity contribution in [2.45, 2.75) is 25.4 Å². The van der Waals surface area contributed by atoms with Crippen LogP contribution in [0.25, 0.3) is 0 Å². The number of likely N-dealkylation sites (tertiary alicyclic amines) is 1. The van der Waals surface area contributed by atoms with E-state index in [4.69, 9.17) is 9.47 Å². The topological polar surface area (TPSA) is 59.0 Å². The zero-order valence-electron chi connectivity index (χ0n) is 11.6. The SMILES string of the molecule is COc1ccc(CN2CCCC2C(=O)O)c(Br)c1OC. The van der Waals surface area contributed by atoms with Crippen LogP contribution in [0.3, 0.4) is 0 Å². The minimum absolute atomic E-state index is 0.394. The van der Waals surface area contributed by atoms with E-state index in [1.54, 1.807) is 14.2 Å². The van der Waals surface area contributed by atoms with Gasteiger partial charge >= 0.3 is 5.97 Å². The Morgan fingerprint density at radius 3 is 2.80 bits per heavy atom. The van der Waals surface area contributed by atoms with Gasteiger partial charge in [0, 0.05) is 6.54 Å². The first-order valence-electron chi connectivity index (χ1n) is 6.44. The number of hydrogen-bond donors (Lipinski definition) is 1. The van der Waals surface area contributed by atoms with Gasteiger partial charge in [0.25, 0.3) is 0 Å². The zero-order chi connectivity index (χ0) is 14.7. The van der Waals surface area contributed by atoms with Gasteiger partial charge in [0.15, 0.2) is 11.5 Å². The molecule has 0 amide bonds. The van der Waals surface area contributed by atoms with Crippen LogP contribution in [0.2, 0.25) is 0 Å². The van der Waals surface area contributed by atoms with Crippen molar-refractivity contribution in [1.29, 1.82) is 0 Å². The van der Waals surface area contributed by atoms with E-state index < -0.39 is 12.0 Å². The fourth-order valence-electron chi connectivity index (χ4n) is 2.57. The van der Waals surface area contributed by atoms with Gasteiger partial charge in [0.05, 0.1) is 18.7 Å². The molecule has 0 saturated carbocycles. The van der Waals surface area contributed by atoms with Crippen LogP contribution in [-0.2, 0) is 11.3 Å². The van der Waals surface area contributed by atoms with Crippen molar-refractivity contribution in [3.05, 3.63) is 22.2 Å². The number of carboxylic acids is 1. The van der Waals surface area contributed by atoms with Crippen LogP contribution < -0.4 is 9.47 Å². The number of carboxylic acid groups (broad SMARTS) is 1. The smallest absolute Gasteiger partial charge is 0.320 e. The van der Waals surface area contributed by atoms with E-state index in [-0.39, 0.29) is 0 Å². The molecule has 1 fully saturated rings. The van der Waals surface area contributed by atoms with Crippen molar-refractivity contribution in [2.75, 3.05) is 20.8 Å². The first-order valence-corrected chi connectivity index (χ1v) is 7.24. The molecule has 1 N–H and O–H groups in total. The molecule has 1 aromatic rings. The molecule has 1 atom stereocenters. The fourth-order valence-corrected chi connectivity index (χ4v) is 3.18. The second-order valence-electron chi connectivity index (χ2n) is 4.74. The van der Waals surface area contributed by atoms with Gasteiger partial charge in [-0.05, 0) is 46.9 Å². The average molecular weight is 344 g/mol. The van der Waals surface area contributed by atoms with E-state index in [0.717, 1.165) is 23.0 Å². The molecule has 0 aromatic heterocycles. The molecule has 6 heteroatoms. The Hall–Kier alpha value is -1.27. The molecule has 1 aliphatic rings. The van der Waals surface area contributed by atoms with Crippen LogP contribution in [0.4, 0.5) is 0 Å². The average Bonchev–Trinajstić information content (AvgIpc) is 2.89. The maximum absolute atomic E-state index is 11.2. The largest absolute Gasteiger partial charge is 0.493 e. The number of methoxy groups -OCH3 is 2. The standard InChI is InChI=1S/C14H18BrNO4/c1-19-11-6-5-9(12(15)13(11)20-2)8-16-7-3-4-10(16)14(17)18/h5-6,10H,3-4,7-8H2,1-2H3,(H,17,18). The monoisotopic (exact) mass is 343 g/mol. The van der Waals surface area contributed by atoms with Gasteiger partial charge in [-0.15, -0.1) is 0 Å². The summed E-state index contributed by atoms with van der Waals surface area (Å²) in [6, 6.07) is 3.38. The van der Waals surface area contributed by atoms with Crippen LogP contribution in [0.5, 0.6) is 11.5 Å². The van der Waals surface area contributed by atoms with Gasteiger partial charge in [0.1, 0.15) is 6.04 Å². The highest BCUT2D eigenvalue weighted by atomic mass is 79.9. The number of hydrogen-bond acceptors (Lipinski definition) is 4. The van der Waals surface area contributed by atoms with Crippen molar-refractivity contribution < 1.29 is 19.4 Å². The van der Waals surface area contributed by atoms with E-state index in [1.165, 1.54) is 0 Å². The molecule has 1 aromatic carbocycles. The molecular weight excluding hydrogens is 326 g/mol. The Morgan fingerprint density at radius 1 is 1.45 bits per heavy atom. The summed E-state index contributed by atoms with van der Waals surface area (Å²) >= 11 is 3.52. The van der Waals surface area contributed by atoms with Crippen LogP contribution in [0.15, 0.2) is 16.6 Å². The highest BCUT2D eigenvalue weighted by Crippen LogP contribution is 2.38. The summed E-state index contributed by atoms with van der Waals surface area (Å²) in [5.74, 6) is 0.537. The second kappa shape index (κ2) is 6.45. The summed E-state index contributed by atoms with van der Waals surface area (Å²) in [6.07, 6.45) is 1.63. The molecule has 110 valence electrons. The van der Waals surface area contributed by atoms with Crippen molar-refractivity contribution in [3.63, 3.8) is 0 Å². The number of benzene rings is 1. The van der Waals surface area contributed by atoms with Crippen molar-refractivity contribution >= 4 is 21.9 Å². The van der Waals surface area contributed by atoms with Gasteiger partial charge in [-0.1, -0.05) is 6.07 Å². The first kappa shape index (κ1) is 15.1.